The van der Waals surface area contributed by atoms with E-state index in [1.807, 2.05) is 41.1 Å². The van der Waals surface area contributed by atoms with Crippen LogP contribution in [0.4, 0.5) is 5.69 Å². The van der Waals surface area contributed by atoms with E-state index >= 15 is 0 Å². The third-order valence-electron chi connectivity index (χ3n) is 6.11. The number of hydrogen-bond acceptors (Lipinski definition) is 7. The highest BCUT2D eigenvalue weighted by Gasteiger charge is 2.30. The van der Waals surface area contributed by atoms with Gasteiger partial charge in [0.15, 0.2) is 6.54 Å². The van der Waals surface area contributed by atoms with Gasteiger partial charge >= 0.3 is 5.69 Å². The molecule has 3 aromatic rings. The molecular weight excluding hydrogens is 540 g/mol. The number of quaternary nitrogens is 1. The number of carbonyl (C=O) groups excluding carboxylic acids is 3. The number of carbonyl (C=O) groups is 3. The van der Waals surface area contributed by atoms with E-state index in [-0.39, 0.29) is 41.4 Å². The van der Waals surface area contributed by atoms with Crippen molar-refractivity contribution in [3.8, 4) is 5.75 Å². The zero-order chi connectivity index (χ0) is 29.1. The standard InChI is InChI=1S/C27H32N6O6.ClH/c1-16-9-8-10-20(17(16)2)28-27(36)21(29-30-25(35)15-33(4,5)6)14-24(34)26-18(3)31(37)22-12-11-19(39-7)13-23(22)32(26)38;/h8-13H,14-15H2,1-7H3,(H-,28,30,35,36);1H. The van der Waals surface area contributed by atoms with Gasteiger partial charge in [-0.3, -0.25) is 14.4 Å². The number of methoxy groups -OCH3 is 1. The molecule has 0 saturated heterocycles. The highest BCUT2D eigenvalue weighted by Crippen LogP contribution is 2.21. The zero-order valence-electron chi connectivity index (χ0n) is 23.5. The number of aromatic nitrogens is 2. The Labute approximate surface area is 237 Å². The molecule has 2 N–H and O–H groups in total. The van der Waals surface area contributed by atoms with Crippen molar-refractivity contribution in [1.29, 1.82) is 0 Å². The van der Waals surface area contributed by atoms with Crippen molar-refractivity contribution in [3.63, 3.8) is 0 Å². The minimum atomic E-state index is -0.826. The fourth-order valence-corrected chi connectivity index (χ4v) is 3.91. The maximum atomic E-state index is 13.4. The quantitative estimate of drug-likeness (QED) is 0.113. The first-order valence-electron chi connectivity index (χ1n) is 12.1. The third-order valence-corrected chi connectivity index (χ3v) is 6.11. The van der Waals surface area contributed by atoms with E-state index in [9.17, 15) is 24.5 Å². The normalized spacial score (nSPS) is 11.5. The fraction of sp³-hybridized carbons (Fsp3) is 0.333. The predicted octanol–water partition coefficient (Wildman–Crippen LogP) is -0.771. The fourth-order valence-electron chi connectivity index (χ4n) is 3.91. The Bertz CT molecular complexity index is 1560. The van der Waals surface area contributed by atoms with Gasteiger partial charge in [-0.1, -0.05) is 12.1 Å². The van der Waals surface area contributed by atoms with E-state index in [1.54, 1.807) is 12.1 Å². The topological polar surface area (TPSA) is 148 Å². The van der Waals surface area contributed by atoms with Gasteiger partial charge in [-0.15, -0.1) is 0 Å². The largest absolute Gasteiger partial charge is 1.00 e. The molecule has 3 rings (SSSR count). The average Bonchev–Trinajstić information content (AvgIpc) is 2.86. The van der Waals surface area contributed by atoms with Crippen LogP contribution in [0.3, 0.4) is 0 Å². The van der Waals surface area contributed by atoms with Gasteiger partial charge in [0.05, 0.1) is 50.9 Å². The van der Waals surface area contributed by atoms with Crippen LogP contribution < -0.4 is 32.3 Å². The maximum Gasteiger partial charge on any atom is 0.325 e. The molecule has 0 aliphatic heterocycles. The van der Waals surface area contributed by atoms with Crippen molar-refractivity contribution >= 4 is 40.0 Å². The number of amides is 2. The molecule has 0 saturated carbocycles. The Hall–Kier alpha value is -4.29. The monoisotopic (exact) mass is 572 g/mol. The first kappa shape index (κ1) is 31.9. The van der Waals surface area contributed by atoms with Crippen LogP contribution >= 0.6 is 0 Å². The number of rotatable bonds is 9. The molecule has 0 aliphatic rings. The van der Waals surface area contributed by atoms with Crippen LogP contribution in [-0.2, 0) is 9.59 Å². The maximum absolute atomic E-state index is 13.4. The Morgan fingerprint density at radius 3 is 2.40 bits per heavy atom. The number of halogens is 1. The summed E-state index contributed by atoms with van der Waals surface area (Å²) in [5.41, 5.74) is 3.63. The van der Waals surface area contributed by atoms with Crippen LogP contribution in [0.5, 0.6) is 5.75 Å². The van der Waals surface area contributed by atoms with E-state index in [1.165, 1.54) is 32.2 Å². The van der Waals surface area contributed by atoms with Crippen molar-refractivity contribution in [1.82, 2.24) is 10.2 Å². The Kier molecular flexibility index (Phi) is 10.1. The van der Waals surface area contributed by atoms with Gasteiger partial charge in [0.2, 0.25) is 5.78 Å². The average molecular weight is 573 g/mol. The van der Waals surface area contributed by atoms with Gasteiger partial charge in [0, 0.05) is 10.6 Å². The van der Waals surface area contributed by atoms with Gasteiger partial charge in [-0.2, -0.15) is 5.10 Å². The lowest BCUT2D eigenvalue weighted by Crippen LogP contribution is -3.00. The number of nitrogens with zero attached hydrogens (tertiary/aromatic N) is 4. The molecule has 1 aromatic heterocycles. The molecule has 2 amide bonds. The second-order valence-electron chi connectivity index (χ2n) is 10.2. The first-order chi connectivity index (χ1) is 18.2. The molecule has 0 spiro atoms. The molecule has 0 fully saturated rings. The number of ketones is 1. The van der Waals surface area contributed by atoms with Crippen LogP contribution in [-0.4, -0.2) is 67.3 Å². The van der Waals surface area contributed by atoms with Crippen LogP contribution in [0.15, 0.2) is 41.5 Å². The van der Waals surface area contributed by atoms with Gasteiger partial charge in [0.25, 0.3) is 17.3 Å². The van der Waals surface area contributed by atoms with Crippen molar-refractivity contribution in [2.45, 2.75) is 27.2 Å². The summed E-state index contributed by atoms with van der Waals surface area (Å²) in [6, 6.07) is 9.64. The molecule has 214 valence electrons. The predicted molar refractivity (Wildman–Crippen MR) is 147 cm³/mol. The van der Waals surface area contributed by atoms with Crippen LogP contribution in [0.2, 0.25) is 0 Å². The van der Waals surface area contributed by atoms with Gasteiger partial charge in [0.1, 0.15) is 17.0 Å². The van der Waals surface area contributed by atoms with Crippen LogP contribution in [0, 0.1) is 30.9 Å². The smallest absolute Gasteiger partial charge is 0.325 e. The molecule has 13 heteroatoms. The van der Waals surface area contributed by atoms with Gasteiger partial charge < -0.3 is 36.9 Å². The molecule has 0 aliphatic carbocycles. The van der Waals surface area contributed by atoms with Crippen molar-refractivity contribution in [2.75, 3.05) is 40.1 Å². The lowest BCUT2D eigenvalue weighted by molar-refractivity contribution is -0.862. The van der Waals surface area contributed by atoms with Gasteiger partial charge in [-0.05, 0) is 50.1 Å². The third kappa shape index (κ3) is 7.21. The highest BCUT2D eigenvalue weighted by molar-refractivity contribution is 6.46. The number of ether oxygens (including phenoxy) is 1. The molecule has 0 radical (unpaired) electrons. The zero-order valence-corrected chi connectivity index (χ0v) is 24.3. The summed E-state index contributed by atoms with van der Waals surface area (Å²) in [6.45, 7) is 5.12. The van der Waals surface area contributed by atoms with E-state index in [2.05, 4.69) is 15.8 Å². The number of nitrogens with one attached hydrogen (secondary N) is 2. The van der Waals surface area contributed by atoms with Crippen molar-refractivity contribution < 1.29 is 40.4 Å². The Morgan fingerprint density at radius 1 is 1.10 bits per heavy atom. The highest BCUT2D eigenvalue weighted by atomic mass is 35.5. The first-order valence-corrected chi connectivity index (χ1v) is 12.1. The number of Topliss-reactive ketones (excluding diaryl/α,β-unsaturated/α-hetero) is 1. The molecule has 0 bridgehead atoms. The Morgan fingerprint density at radius 2 is 1.77 bits per heavy atom. The van der Waals surface area contributed by atoms with Crippen LogP contribution in [0.1, 0.15) is 33.7 Å². The lowest BCUT2D eigenvalue weighted by atomic mass is 10.1. The summed E-state index contributed by atoms with van der Waals surface area (Å²) >= 11 is 0. The van der Waals surface area contributed by atoms with Gasteiger partial charge in [-0.25, -0.2) is 5.43 Å². The number of aryl methyl sites for hydroxylation is 1. The number of hydrogen-bond donors (Lipinski definition) is 2. The summed E-state index contributed by atoms with van der Waals surface area (Å²) in [6.07, 6.45) is -0.653. The number of anilines is 1. The number of benzene rings is 2. The number of fused-ring (bicyclic) bond motifs is 1. The molecule has 2 aromatic carbocycles. The number of hydrazone groups is 1. The summed E-state index contributed by atoms with van der Waals surface area (Å²) < 4.78 is 6.28. The molecule has 1 heterocycles. The second kappa shape index (κ2) is 12.7. The molecule has 12 nitrogen and oxygen atoms in total. The Balaban J connectivity index is 0.00000560. The molecule has 0 atom stereocenters. The second-order valence-corrected chi connectivity index (χ2v) is 10.2. The summed E-state index contributed by atoms with van der Waals surface area (Å²) in [5.74, 6) is -1.72. The SMILES string of the molecule is COc1ccc2c(c1)[n+](=O)c(C(=O)C/C(=N/NC(=O)C[N+](C)(C)C)C(=O)Nc1cccc(C)c1C)c(C)n2[O-].[Cl-]. The van der Waals surface area contributed by atoms with Crippen molar-refractivity contribution in [3.05, 3.63) is 69.0 Å². The minimum absolute atomic E-state index is 0. The van der Waals surface area contributed by atoms with E-state index < -0.39 is 29.7 Å². The lowest BCUT2D eigenvalue weighted by Gasteiger charge is -2.22. The summed E-state index contributed by atoms with van der Waals surface area (Å²) in [5, 5.41) is 19.6. The summed E-state index contributed by atoms with van der Waals surface area (Å²) in [4.78, 5) is 52.3. The van der Waals surface area contributed by atoms with E-state index in [4.69, 9.17) is 4.74 Å². The molecule has 40 heavy (non-hydrogen) atoms. The minimum Gasteiger partial charge on any atom is -1.00 e. The molecule has 0 unspecified atom stereocenters. The van der Waals surface area contributed by atoms with Crippen LogP contribution in [0.25, 0.3) is 11.0 Å². The van der Waals surface area contributed by atoms with E-state index in [0.29, 0.717) is 25.1 Å². The number of likely N-dealkylation sites (N-methyl/N-ethyl adjacent to an activating group) is 1. The molecular formula is C27H33ClN6O6. The van der Waals surface area contributed by atoms with E-state index in [0.717, 1.165) is 11.1 Å². The van der Waals surface area contributed by atoms with Crippen molar-refractivity contribution in [2.24, 2.45) is 5.10 Å². The summed E-state index contributed by atoms with van der Waals surface area (Å²) in [7, 11) is 6.84.